The summed E-state index contributed by atoms with van der Waals surface area (Å²) in [5, 5.41) is 3.02. The molecule has 1 amide bonds. The van der Waals surface area contributed by atoms with Crippen molar-refractivity contribution in [3.05, 3.63) is 35.9 Å². The fourth-order valence-electron chi connectivity index (χ4n) is 4.77. The second kappa shape index (κ2) is 12.9. The fraction of sp³-hybridized carbons (Fsp3) is 0.680. The molecule has 0 aromatic heterocycles. The van der Waals surface area contributed by atoms with Gasteiger partial charge in [0.2, 0.25) is 12.3 Å². The van der Waals surface area contributed by atoms with Crippen LogP contribution >= 0.6 is 0 Å². The number of nitrogens with two attached hydrogens (primary N) is 1. The zero-order valence-corrected chi connectivity index (χ0v) is 19.9. The number of hydrogen-bond donors (Lipinski definition) is 2. The summed E-state index contributed by atoms with van der Waals surface area (Å²) in [6, 6.07) is 9.04. The van der Waals surface area contributed by atoms with Crippen LogP contribution < -0.4 is 11.1 Å². The number of benzene rings is 1. The molecule has 1 aliphatic heterocycles. The average Bonchev–Trinajstić information content (AvgIpc) is 3.03. The van der Waals surface area contributed by atoms with Gasteiger partial charge in [-0.2, -0.15) is 0 Å². The first-order chi connectivity index (χ1) is 15.3. The fourth-order valence-corrected chi connectivity index (χ4v) is 4.77. The number of hydrogen-bond acceptors (Lipinski definition) is 5. The van der Waals surface area contributed by atoms with E-state index in [1.165, 1.54) is 6.92 Å². The number of rotatable bonds is 12. The van der Waals surface area contributed by atoms with Crippen LogP contribution in [-0.2, 0) is 20.9 Å². The van der Waals surface area contributed by atoms with E-state index in [0.717, 1.165) is 24.8 Å². The number of likely N-dealkylation sites (tertiary alicyclic amines) is 1. The van der Waals surface area contributed by atoms with Gasteiger partial charge >= 0.3 is 5.97 Å². The van der Waals surface area contributed by atoms with E-state index < -0.39 is 18.4 Å². The van der Waals surface area contributed by atoms with E-state index >= 15 is 0 Å². The van der Waals surface area contributed by atoms with Crippen molar-refractivity contribution in [2.75, 3.05) is 0 Å². The molecule has 0 saturated carbocycles. The van der Waals surface area contributed by atoms with Gasteiger partial charge in [0.05, 0.1) is 0 Å². The molecule has 3 N–H and O–H groups in total. The summed E-state index contributed by atoms with van der Waals surface area (Å²) in [6.07, 6.45) is 2.33. The van der Waals surface area contributed by atoms with Crippen LogP contribution in [-0.4, -0.2) is 47.3 Å². The normalized spacial score (nSPS) is 24.0. The Labute approximate surface area is 192 Å². The molecule has 3 unspecified atom stereocenters. The molecule has 1 heterocycles. The van der Waals surface area contributed by atoms with Gasteiger partial charge in [-0.1, -0.05) is 50.6 Å². The molecule has 1 aliphatic rings. The molecular weight excluding hydrogens is 409 g/mol. The Bertz CT molecular complexity index is 718. The molecule has 0 aliphatic carbocycles. The second-order valence-corrected chi connectivity index (χ2v) is 9.05. The minimum atomic E-state index is -1.59. The van der Waals surface area contributed by atoms with Gasteiger partial charge in [0, 0.05) is 38.0 Å². The Balaban J connectivity index is 2.25. The maximum absolute atomic E-state index is 14.1. The van der Waals surface area contributed by atoms with Gasteiger partial charge in [0.25, 0.3) is 0 Å². The van der Waals surface area contributed by atoms with Gasteiger partial charge in [-0.15, -0.1) is 0 Å². The van der Waals surface area contributed by atoms with Crippen LogP contribution in [0.5, 0.6) is 0 Å². The van der Waals surface area contributed by atoms with Crippen LogP contribution in [0.4, 0.5) is 4.39 Å². The lowest BCUT2D eigenvalue weighted by Crippen LogP contribution is -2.47. The lowest BCUT2D eigenvalue weighted by molar-refractivity contribution is -0.164. The largest absolute Gasteiger partial charge is 0.430 e. The van der Waals surface area contributed by atoms with Crippen molar-refractivity contribution in [2.45, 2.75) is 103 Å². The van der Waals surface area contributed by atoms with Crippen LogP contribution in [0.15, 0.2) is 30.3 Å². The molecule has 0 bridgehead atoms. The van der Waals surface area contributed by atoms with E-state index in [4.69, 9.17) is 10.5 Å². The number of nitrogens with one attached hydrogen (secondary N) is 1. The summed E-state index contributed by atoms with van der Waals surface area (Å²) in [4.78, 5) is 26.6. The van der Waals surface area contributed by atoms with Crippen LogP contribution in [0.1, 0.15) is 71.8 Å². The first-order valence-electron chi connectivity index (χ1n) is 11.9. The van der Waals surface area contributed by atoms with Crippen molar-refractivity contribution in [2.24, 2.45) is 11.7 Å². The quantitative estimate of drug-likeness (QED) is 0.473. The number of alkyl halides is 1. The van der Waals surface area contributed by atoms with Gasteiger partial charge < -0.3 is 15.8 Å². The Morgan fingerprint density at radius 2 is 1.88 bits per heavy atom. The number of amides is 1. The van der Waals surface area contributed by atoms with Gasteiger partial charge in [-0.25, -0.2) is 4.39 Å². The molecule has 1 aromatic carbocycles. The summed E-state index contributed by atoms with van der Waals surface area (Å²) in [5.74, 6) is -0.370. The summed E-state index contributed by atoms with van der Waals surface area (Å²) < 4.78 is 19.2. The number of halogens is 1. The van der Waals surface area contributed by atoms with Crippen LogP contribution in [0, 0.1) is 5.92 Å². The first-order valence-corrected chi connectivity index (χ1v) is 11.9. The third-order valence-electron chi connectivity index (χ3n) is 6.40. The molecule has 1 aromatic rings. The van der Waals surface area contributed by atoms with E-state index in [1.807, 2.05) is 44.2 Å². The Morgan fingerprint density at radius 1 is 1.22 bits per heavy atom. The smallest absolute Gasteiger partial charge is 0.325 e. The molecule has 2 rings (SSSR count). The molecule has 1 saturated heterocycles. The van der Waals surface area contributed by atoms with Gasteiger partial charge in [0.1, 0.15) is 6.04 Å². The third kappa shape index (κ3) is 7.55. The second-order valence-electron chi connectivity index (χ2n) is 9.05. The molecule has 7 heteroatoms. The third-order valence-corrected chi connectivity index (χ3v) is 6.40. The Morgan fingerprint density at radius 3 is 2.47 bits per heavy atom. The number of ether oxygens (including phenoxy) is 1. The molecular formula is C25H40FN3O3. The number of nitrogens with zero attached hydrogens (tertiary/aromatic N) is 1. The molecule has 6 nitrogen and oxygen atoms in total. The van der Waals surface area contributed by atoms with Crippen molar-refractivity contribution in [1.82, 2.24) is 10.2 Å². The summed E-state index contributed by atoms with van der Waals surface area (Å²) >= 11 is 0. The standard InChI is InChI=1S/C25H40FN3O3/c1-5-10-20(17(3)28-18(4)30)14-22-21(27)15-23(25(31)32-24(26)11-6-2)29(22)16-19-12-8-7-9-13-19/h7-9,12-13,17,20-24H,5-6,10-11,14-16,27H2,1-4H3,(H,28,30)/t17?,20?,21-,22+,23-,24?/m1/s1. The minimum absolute atomic E-state index is 0.00371. The SMILES string of the molecule is CCCC(F)OC(=O)[C@H]1C[C@@H](N)[C@H](CC(CCC)C(C)NC(C)=O)N1Cc1ccccc1. The summed E-state index contributed by atoms with van der Waals surface area (Å²) in [5.41, 5.74) is 7.62. The number of carbonyl (C=O) groups excluding carboxylic acids is 2. The molecule has 32 heavy (non-hydrogen) atoms. The minimum Gasteiger partial charge on any atom is -0.430 e. The maximum Gasteiger partial charge on any atom is 0.325 e. The monoisotopic (exact) mass is 449 g/mol. The molecule has 180 valence electrons. The molecule has 6 atom stereocenters. The van der Waals surface area contributed by atoms with Gasteiger partial charge in [0.15, 0.2) is 0 Å². The van der Waals surface area contributed by atoms with Crippen molar-refractivity contribution in [3.63, 3.8) is 0 Å². The highest BCUT2D eigenvalue weighted by molar-refractivity contribution is 5.76. The summed E-state index contributed by atoms with van der Waals surface area (Å²) in [7, 11) is 0. The zero-order valence-electron chi connectivity index (χ0n) is 19.9. The predicted octanol–water partition coefficient (Wildman–Crippen LogP) is 3.93. The maximum atomic E-state index is 14.1. The highest BCUT2D eigenvalue weighted by Crippen LogP contribution is 2.33. The zero-order chi connectivity index (χ0) is 23.7. The van der Waals surface area contributed by atoms with E-state index in [1.54, 1.807) is 0 Å². The summed E-state index contributed by atoms with van der Waals surface area (Å²) in [6.45, 7) is 8.07. The van der Waals surface area contributed by atoms with Crippen molar-refractivity contribution in [3.8, 4) is 0 Å². The van der Waals surface area contributed by atoms with E-state index in [2.05, 4.69) is 17.1 Å². The Kier molecular flexibility index (Phi) is 10.6. The van der Waals surface area contributed by atoms with Crippen LogP contribution in [0.25, 0.3) is 0 Å². The topological polar surface area (TPSA) is 84.7 Å². The van der Waals surface area contributed by atoms with E-state index in [9.17, 15) is 14.0 Å². The predicted molar refractivity (Wildman–Crippen MR) is 124 cm³/mol. The molecule has 1 fully saturated rings. The molecule has 0 radical (unpaired) electrons. The first kappa shape index (κ1) is 26.3. The van der Waals surface area contributed by atoms with Crippen molar-refractivity contribution < 1.29 is 18.7 Å². The lowest BCUT2D eigenvalue weighted by Gasteiger charge is -2.34. The average molecular weight is 450 g/mol. The van der Waals surface area contributed by atoms with Crippen molar-refractivity contribution >= 4 is 11.9 Å². The van der Waals surface area contributed by atoms with E-state index in [-0.39, 0.29) is 36.4 Å². The highest BCUT2D eigenvalue weighted by Gasteiger charge is 2.45. The van der Waals surface area contributed by atoms with Crippen LogP contribution in [0.3, 0.4) is 0 Å². The van der Waals surface area contributed by atoms with E-state index in [0.29, 0.717) is 19.4 Å². The lowest BCUT2D eigenvalue weighted by atomic mass is 9.87. The van der Waals surface area contributed by atoms with Gasteiger partial charge in [-0.05, 0) is 44.1 Å². The Hall–Kier alpha value is -1.99. The van der Waals surface area contributed by atoms with Gasteiger partial charge in [-0.3, -0.25) is 14.5 Å². The molecule has 0 spiro atoms. The van der Waals surface area contributed by atoms with Crippen molar-refractivity contribution in [1.29, 1.82) is 0 Å². The van der Waals surface area contributed by atoms with Crippen LogP contribution in [0.2, 0.25) is 0 Å². The number of esters is 1. The highest BCUT2D eigenvalue weighted by atomic mass is 19.1. The number of carbonyl (C=O) groups is 2.